The maximum Gasteiger partial charge on any atom is 0.211 e. The molecule has 0 spiro atoms. The molecule has 0 aromatic heterocycles. The van der Waals surface area contributed by atoms with Crippen molar-refractivity contribution in [3.8, 4) is 0 Å². The van der Waals surface area contributed by atoms with Gasteiger partial charge in [0.1, 0.15) is 0 Å². The van der Waals surface area contributed by atoms with Crippen molar-refractivity contribution in [1.29, 1.82) is 0 Å². The van der Waals surface area contributed by atoms with Crippen LogP contribution in [0.4, 0.5) is 0 Å². The van der Waals surface area contributed by atoms with E-state index in [1.165, 1.54) is 110 Å². The normalized spacial score (nSPS) is 13.7. The quantitative estimate of drug-likeness (QED) is 0.140. The lowest BCUT2D eigenvalue weighted by Gasteiger charge is -2.12. The van der Waals surface area contributed by atoms with Gasteiger partial charge in [0.25, 0.3) is 0 Å². The number of hydrogen-bond acceptors (Lipinski definition) is 0. The first kappa shape index (κ1) is 30.1. The van der Waals surface area contributed by atoms with Crippen LogP contribution >= 0.6 is 0 Å². The molecule has 0 atom stereocenters. The molecule has 2 heteroatoms. The Morgan fingerprint density at radius 2 is 1.00 bits per heavy atom. The van der Waals surface area contributed by atoms with Gasteiger partial charge in [-0.05, 0) is 80.8 Å². The minimum absolute atomic E-state index is 0.962. The summed E-state index contributed by atoms with van der Waals surface area (Å²) in [7, 11) is 0. The number of rotatable bonds is 18. The van der Waals surface area contributed by atoms with Gasteiger partial charge in [-0.1, -0.05) is 109 Å². The molecule has 2 nitrogen and oxygen atoms in total. The van der Waals surface area contributed by atoms with Crippen LogP contribution in [0.25, 0.3) is 16.9 Å². The molecule has 0 aliphatic carbocycles. The van der Waals surface area contributed by atoms with Gasteiger partial charge in [-0.3, -0.25) is 0 Å². The second-order valence-corrected chi connectivity index (χ2v) is 11.3. The smallest absolute Gasteiger partial charge is 0.211 e. The van der Waals surface area contributed by atoms with Gasteiger partial charge in [-0.2, -0.15) is 0 Å². The Morgan fingerprint density at radius 1 is 0.553 bits per heavy atom. The van der Waals surface area contributed by atoms with E-state index in [1.807, 2.05) is 0 Å². The first-order valence-electron chi connectivity index (χ1n) is 15.7. The van der Waals surface area contributed by atoms with Crippen molar-refractivity contribution >= 4 is 11.4 Å². The average molecular weight is 513 g/mol. The molecule has 0 amide bonds. The Balaban J connectivity index is 1.84. The van der Waals surface area contributed by atoms with Crippen molar-refractivity contribution in [3.05, 3.63) is 87.5 Å². The van der Waals surface area contributed by atoms with Crippen molar-refractivity contribution in [2.45, 2.75) is 130 Å². The SMILES string of the molecule is CCCCCCCCc1cccc(C2=C(CCCCCC)C(C)=C(c3cccc(CCCCC)c3)[N+]2=[N-])c1. The van der Waals surface area contributed by atoms with Crippen LogP contribution in [0.5, 0.6) is 0 Å². The fraction of sp³-hybridized carbons (Fsp3) is 0.556. The third-order valence-electron chi connectivity index (χ3n) is 8.09. The molecule has 1 aliphatic rings. The molecule has 206 valence electrons. The third kappa shape index (κ3) is 8.52. The lowest BCUT2D eigenvalue weighted by Crippen LogP contribution is -2.03. The zero-order valence-corrected chi connectivity index (χ0v) is 24.8. The summed E-state index contributed by atoms with van der Waals surface area (Å²) < 4.78 is 1.51. The summed E-state index contributed by atoms with van der Waals surface area (Å²) in [5, 5.41) is 0. The van der Waals surface area contributed by atoms with Crippen LogP contribution in [0.15, 0.2) is 59.7 Å². The molecule has 0 saturated heterocycles. The van der Waals surface area contributed by atoms with Gasteiger partial charge < -0.3 is 5.53 Å². The highest BCUT2D eigenvalue weighted by Crippen LogP contribution is 2.42. The molecule has 0 unspecified atom stereocenters. The van der Waals surface area contributed by atoms with Gasteiger partial charge in [0, 0.05) is 22.3 Å². The van der Waals surface area contributed by atoms with E-state index >= 15 is 0 Å². The zero-order valence-electron chi connectivity index (χ0n) is 24.8. The molecule has 0 saturated carbocycles. The van der Waals surface area contributed by atoms with Gasteiger partial charge in [-0.25, -0.2) is 4.70 Å². The lowest BCUT2D eigenvalue weighted by atomic mass is 9.94. The maximum absolute atomic E-state index is 11.7. The average Bonchev–Trinajstić information content (AvgIpc) is 3.18. The van der Waals surface area contributed by atoms with Gasteiger partial charge in [0.05, 0.1) is 0 Å². The van der Waals surface area contributed by atoms with E-state index in [-0.39, 0.29) is 0 Å². The summed E-state index contributed by atoms with van der Waals surface area (Å²) in [5.74, 6) is 0. The molecular weight excluding hydrogens is 460 g/mol. The number of allylic oxidation sites excluding steroid dienone is 2. The van der Waals surface area contributed by atoms with Gasteiger partial charge in [0.2, 0.25) is 11.4 Å². The van der Waals surface area contributed by atoms with Crippen molar-refractivity contribution in [3.63, 3.8) is 0 Å². The van der Waals surface area contributed by atoms with Gasteiger partial charge in [0.15, 0.2) is 0 Å². The Labute approximate surface area is 233 Å². The summed E-state index contributed by atoms with van der Waals surface area (Å²) >= 11 is 0. The van der Waals surface area contributed by atoms with Crippen LogP contribution in [-0.2, 0) is 12.8 Å². The Kier molecular flexibility index (Phi) is 13.0. The predicted octanol–water partition coefficient (Wildman–Crippen LogP) is 11.5. The van der Waals surface area contributed by atoms with Crippen LogP contribution in [0, 0.1) is 0 Å². The number of unbranched alkanes of at least 4 members (excludes halogenated alkanes) is 10. The van der Waals surface area contributed by atoms with Crippen molar-refractivity contribution in [2.75, 3.05) is 0 Å². The van der Waals surface area contributed by atoms with E-state index in [4.69, 9.17) is 0 Å². The molecule has 2 aromatic carbocycles. The highest BCUT2D eigenvalue weighted by molar-refractivity contribution is 5.81. The maximum atomic E-state index is 11.7. The largest absolute Gasteiger partial charge is 0.493 e. The van der Waals surface area contributed by atoms with E-state index < -0.39 is 0 Å². The Bertz CT molecular complexity index is 1090. The number of nitrogens with zero attached hydrogens (tertiary/aromatic N) is 2. The molecule has 0 N–H and O–H groups in total. The van der Waals surface area contributed by atoms with E-state index in [0.717, 1.165) is 41.8 Å². The minimum Gasteiger partial charge on any atom is -0.493 e. The first-order chi connectivity index (χ1) is 18.6. The fourth-order valence-electron chi connectivity index (χ4n) is 5.83. The van der Waals surface area contributed by atoms with Crippen molar-refractivity contribution < 1.29 is 4.70 Å². The van der Waals surface area contributed by atoms with Crippen LogP contribution in [0.1, 0.15) is 140 Å². The van der Waals surface area contributed by atoms with Crippen molar-refractivity contribution in [2.24, 2.45) is 0 Å². The highest BCUT2D eigenvalue weighted by Gasteiger charge is 2.33. The molecule has 1 aliphatic heterocycles. The van der Waals surface area contributed by atoms with Crippen LogP contribution in [-0.4, -0.2) is 4.70 Å². The molecule has 1 heterocycles. The molecule has 0 fully saturated rings. The topological polar surface area (TPSA) is 25.3 Å². The van der Waals surface area contributed by atoms with Crippen LogP contribution < -0.4 is 0 Å². The second kappa shape index (κ2) is 16.5. The molecule has 2 aromatic rings. The summed E-state index contributed by atoms with van der Waals surface area (Å²) in [6.07, 6.45) is 19.8. The Morgan fingerprint density at radius 3 is 1.61 bits per heavy atom. The molecule has 0 bridgehead atoms. The molecule has 0 radical (unpaired) electrons. The van der Waals surface area contributed by atoms with Crippen LogP contribution in [0.3, 0.4) is 0 Å². The molecule has 3 rings (SSSR count). The molecule has 38 heavy (non-hydrogen) atoms. The number of hydrogen-bond donors (Lipinski definition) is 0. The van der Waals surface area contributed by atoms with E-state index in [0.29, 0.717) is 0 Å². The monoisotopic (exact) mass is 512 g/mol. The van der Waals surface area contributed by atoms with E-state index in [9.17, 15) is 5.53 Å². The zero-order chi connectivity index (χ0) is 27.2. The summed E-state index contributed by atoms with van der Waals surface area (Å²) in [4.78, 5) is 0. The molecular formula is C36H52N2. The minimum atomic E-state index is 0.962. The highest BCUT2D eigenvalue weighted by atomic mass is 15.2. The second-order valence-electron chi connectivity index (χ2n) is 11.3. The van der Waals surface area contributed by atoms with E-state index in [1.54, 1.807) is 0 Å². The number of aryl methyl sites for hydroxylation is 2. The first-order valence-corrected chi connectivity index (χ1v) is 15.7. The third-order valence-corrected chi connectivity index (χ3v) is 8.09. The predicted molar refractivity (Wildman–Crippen MR) is 165 cm³/mol. The van der Waals surface area contributed by atoms with Crippen molar-refractivity contribution in [1.82, 2.24) is 0 Å². The fourth-order valence-corrected chi connectivity index (χ4v) is 5.83. The number of benzene rings is 2. The van der Waals surface area contributed by atoms with E-state index in [2.05, 4.69) is 76.2 Å². The summed E-state index contributed by atoms with van der Waals surface area (Å²) in [6, 6.07) is 17.8. The summed E-state index contributed by atoms with van der Waals surface area (Å²) in [6.45, 7) is 9.01. The van der Waals surface area contributed by atoms with Gasteiger partial charge >= 0.3 is 0 Å². The lowest BCUT2D eigenvalue weighted by molar-refractivity contribution is -0.345. The Hall–Kier alpha value is -2.48. The van der Waals surface area contributed by atoms with Crippen LogP contribution in [0.2, 0.25) is 0 Å². The standard InChI is InChI=1S/C36H52N2/c1-5-8-11-13-14-16-21-31-23-19-25-33(28-31)36-34(26-17-12-9-6-2)29(4)35(38(36)37)32-24-18-22-30(27-32)20-15-10-7-3/h18-19,22-25,27-28H,5-17,20-21,26H2,1-4H3. The summed E-state index contributed by atoms with van der Waals surface area (Å²) in [5.41, 5.74) is 21.2. The van der Waals surface area contributed by atoms with Gasteiger partial charge in [-0.15, -0.1) is 0 Å².